The van der Waals surface area contributed by atoms with Crippen LogP contribution in [0.3, 0.4) is 0 Å². The van der Waals surface area contributed by atoms with Crippen molar-refractivity contribution in [2.75, 3.05) is 18.8 Å². The number of benzene rings is 3. The number of rotatable bonds is 8. The lowest BCUT2D eigenvalue weighted by Crippen LogP contribution is -2.27. The molecule has 0 radical (unpaired) electrons. The standard InChI is InChI=1S/C22H23N3O5S2/c1-25(2)32(29,30)21-14-7-6-9-18(21)16-23-22(26)17-10-8-11-19(15-17)24-31(27,28)20-12-4-3-5-13-20/h3-15,24H,16H2,1-2H3,(H,23,26). The van der Waals surface area contributed by atoms with E-state index in [-0.39, 0.29) is 27.6 Å². The number of anilines is 1. The molecule has 32 heavy (non-hydrogen) atoms. The topological polar surface area (TPSA) is 113 Å². The van der Waals surface area contributed by atoms with Crippen LogP contribution in [0.15, 0.2) is 88.7 Å². The third-order valence-electron chi connectivity index (χ3n) is 4.60. The molecule has 3 aromatic carbocycles. The van der Waals surface area contributed by atoms with E-state index < -0.39 is 26.0 Å². The van der Waals surface area contributed by atoms with Crippen molar-refractivity contribution in [2.45, 2.75) is 16.3 Å². The highest BCUT2D eigenvalue weighted by Crippen LogP contribution is 2.20. The van der Waals surface area contributed by atoms with Crippen molar-refractivity contribution in [3.8, 4) is 0 Å². The maximum absolute atomic E-state index is 12.7. The Bertz CT molecular complexity index is 1320. The Hall–Kier alpha value is -3.21. The van der Waals surface area contributed by atoms with Crippen molar-refractivity contribution in [1.29, 1.82) is 0 Å². The molecule has 3 aromatic rings. The van der Waals surface area contributed by atoms with Gasteiger partial charge in [0, 0.05) is 31.9 Å². The van der Waals surface area contributed by atoms with Gasteiger partial charge in [0.15, 0.2) is 0 Å². The molecule has 0 saturated heterocycles. The quantitative estimate of drug-likeness (QED) is 0.522. The Morgan fingerprint density at radius 1 is 0.844 bits per heavy atom. The minimum atomic E-state index is -3.79. The second kappa shape index (κ2) is 9.51. The Kier molecular flexibility index (Phi) is 6.97. The van der Waals surface area contributed by atoms with Crippen molar-refractivity contribution < 1.29 is 21.6 Å². The van der Waals surface area contributed by atoms with Crippen LogP contribution in [0.2, 0.25) is 0 Å². The molecule has 1 amide bonds. The number of carbonyl (C=O) groups is 1. The molecule has 0 atom stereocenters. The Morgan fingerprint density at radius 3 is 2.19 bits per heavy atom. The number of hydrogen-bond donors (Lipinski definition) is 2. The van der Waals surface area contributed by atoms with Crippen LogP contribution in [0.1, 0.15) is 15.9 Å². The van der Waals surface area contributed by atoms with Crippen LogP contribution >= 0.6 is 0 Å². The Morgan fingerprint density at radius 2 is 1.50 bits per heavy atom. The first-order chi connectivity index (χ1) is 15.1. The summed E-state index contributed by atoms with van der Waals surface area (Å²) in [5.41, 5.74) is 0.902. The molecule has 0 aromatic heterocycles. The van der Waals surface area contributed by atoms with E-state index in [0.717, 1.165) is 4.31 Å². The first kappa shape index (κ1) is 23.5. The van der Waals surface area contributed by atoms with Crippen LogP contribution in [0.4, 0.5) is 5.69 Å². The second-order valence-electron chi connectivity index (χ2n) is 7.08. The van der Waals surface area contributed by atoms with Crippen molar-refractivity contribution in [1.82, 2.24) is 9.62 Å². The normalized spacial score (nSPS) is 11.8. The van der Waals surface area contributed by atoms with Crippen LogP contribution < -0.4 is 10.0 Å². The molecule has 2 N–H and O–H groups in total. The van der Waals surface area contributed by atoms with Gasteiger partial charge in [0.1, 0.15) is 0 Å². The maximum Gasteiger partial charge on any atom is 0.261 e. The summed E-state index contributed by atoms with van der Waals surface area (Å²) in [6.07, 6.45) is 0. The molecule has 0 fully saturated rings. The molecule has 0 aliphatic carbocycles. The summed E-state index contributed by atoms with van der Waals surface area (Å²) in [5, 5.41) is 2.69. The number of nitrogens with one attached hydrogen (secondary N) is 2. The van der Waals surface area contributed by atoms with E-state index in [0.29, 0.717) is 5.56 Å². The summed E-state index contributed by atoms with van der Waals surface area (Å²) < 4.78 is 53.6. The zero-order chi connectivity index (χ0) is 23.4. The van der Waals surface area contributed by atoms with E-state index >= 15 is 0 Å². The van der Waals surface area contributed by atoms with E-state index in [1.807, 2.05) is 0 Å². The molecule has 0 unspecified atom stereocenters. The molecule has 0 bridgehead atoms. The number of nitrogens with zero attached hydrogens (tertiary/aromatic N) is 1. The van der Waals surface area contributed by atoms with Gasteiger partial charge in [-0.3, -0.25) is 9.52 Å². The molecular weight excluding hydrogens is 450 g/mol. The van der Waals surface area contributed by atoms with Gasteiger partial charge < -0.3 is 5.32 Å². The third-order valence-corrected chi connectivity index (χ3v) is 7.91. The lowest BCUT2D eigenvalue weighted by molar-refractivity contribution is 0.0950. The van der Waals surface area contributed by atoms with Gasteiger partial charge in [-0.1, -0.05) is 42.5 Å². The molecule has 0 aliphatic heterocycles. The van der Waals surface area contributed by atoms with Crippen LogP contribution in [-0.2, 0) is 26.6 Å². The van der Waals surface area contributed by atoms with Crippen molar-refractivity contribution in [3.05, 3.63) is 90.0 Å². The molecular formula is C22H23N3O5S2. The number of amides is 1. The monoisotopic (exact) mass is 473 g/mol. The number of hydrogen-bond acceptors (Lipinski definition) is 5. The lowest BCUT2D eigenvalue weighted by Gasteiger charge is -2.15. The molecule has 8 nitrogen and oxygen atoms in total. The van der Waals surface area contributed by atoms with E-state index in [9.17, 15) is 21.6 Å². The Balaban J connectivity index is 1.76. The molecule has 3 rings (SSSR count). The lowest BCUT2D eigenvalue weighted by atomic mass is 10.1. The highest BCUT2D eigenvalue weighted by molar-refractivity contribution is 7.92. The summed E-state index contributed by atoms with van der Waals surface area (Å²) in [6.45, 7) is -0.0119. The zero-order valence-electron chi connectivity index (χ0n) is 17.5. The molecule has 0 spiro atoms. The van der Waals surface area contributed by atoms with E-state index in [1.165, 1.54) is 50.5 Å². The van der Waals surface area contributed by atoms with Crippen LogP contribution in [-0.4, -0.2) is 41.1 Å². The Labute approximate surface area is 188 Å². The van der Waals surface area contributed by atoms with Crippen molar-refractivity contribution in [3.63, 3.8) is 0 Å². The fourth-order valence-electron chi connectivity index (χ4n) is 2.91. The van der Waals surface area contributed by atoms with Crippen LogP contribution in [0, 0.1) is 0 Å². The van der Waals surface area contributed by atoms with Gasteiger partial charge in [-0.2, -0.15) is 0 Å². The molecule has 0 heterocycles. The summed E-state index contributed by atoms with van der Waals surface area (Å²) >= 11 is 0. The average molecular weight is 474 g/mol. The van der Waals surface area contributed by atoms with Crippen molar-refractivity contribution >= 4 is 31.6 Å². The largest absolute Gasteiger partial charge is 0.348 e. The molecule has 0 saturated carbocycles. The minimum absolute atomic E-state index is 0.0119. The van der Waals surface area contributed by atoms with Crippen LogP contribution in [0.5, 0.6) is 0 Å². The van der Waals surface area contributed by atoms with Gasteiger partial charge >= 0.3 is 0 Å². The minimum Gasteiger partial charge on any atom is -0.348 e. The maximum atomic E-state index is 12.7. The molecule has 0 aliphatic rings. The molecule has 10 heteroatoms. The van der Waals surface area contributed by atoms with E-state index in [2.05, 4.69) is 10.0 Å². The number of sulfonamides is 2. The first-order valence-electron chi connectivity index (χ1n) is 9.58. The zero-order valence-corrected chi connectivity index (χ0v) is 19.2. The van der Waals surface area contributed by atoms with Gasteiger partial charge in [-0.25, -0.2) is 21.1 Å². The molecule has 168 valence electrons. The van der Waals surface area contributed by atoms with Crippen molar-refractivity contribution in [2.24, 2.45) is 0 Å². The third kappa shape index (κ3) is 5.34. The highest BCUT2D eigenvalue weighted by Gasteiger charge is 2.21. The summed E-state index contributed by atoms with van der Waals surface area (Å²) in [5.74, 6) is -0.470. The van der Waals surface area contributed by atoms with E-state index in [4.69, 9.17) is 0 Å². The summed E-state index contributed by atoms with van der Waals surface area (Å²) in [6, 6.07) is 20.4. The number of carbonyl (C=O) groups excluding carboxylic acids is 1. The predicted molar refractivity (Wildman–Crippen MR) is 122 cm³/mol. The van der Waals surface area contributed by atoms with Gasteiger partial charge in [0.2, 0.25) is 10.0 Å². The SMILES string of the molecule is CN(C)S(=O)(=O)c1ccccc1CNC(=O)c1cccc(NS(=O)(=O)c2ccccc2)c1. The average Bonchev–Trinajstić information content (AvgIpc) is 2.78. The summed E-state index contributed by atoms with van der Waals surface area (Å²) in [4.78, 5) is 12.9. The smallest absolute Gasteiger partial charge is 0.261 e. The fourth-order valence-corrected chi connectivity index (χ4v) is 5.10. The highest BCUT2D eigenvalue weighted by atomic mass is 32.2. The van der Waals surface area contributed by atoms with Crippen LogP contribution in [0.25, 0.3) is 0 Å². The fraction of sp³-hybridized carbons (Fsp3) is 0.136. The van der Waals surface area contributed by atoms with Gasteiger partial charge in [-0.15, -0.1) is 0 Å². The summed E-state index contributed by atoms with van der Waals surface area (Å²) in [7, 11) is -4.59. The van der Waals surface area contributed by atoms with Gasteiger partial charge in [-0.05, 0) is 42.0 Å². The first-order valence-corrected chi connectivity index (χ1v) is 12.5. The van der Waals surface area contributed by atoms with Gasteiger partial charge in [0.05, 0.1) is 9.79 Å². The second-order valence-corrected chi connectivity index (χ2v) is 10.9. The van der Waals surface area contributed by atoms with E-state index in [1.54, 1.807) is 42.5 Å². The van der Waals surface area contributed by atoms with Gasteiger partial charge in [0.25, 0.3) is 15.9 Å². The predicted octanol–water partition coefficient (Wildman–Crippen LogP) is 2.67.